The van der Waals surface area contributed by atoms with E-state index in [9.17, 15) is 37.8 Å². The summed E-state index contributed by atoms with van der Waals surface area (Å²) in [5, 5.41) is 9.15. The van der Waals surface area contributed by atoms with E-state index in [-0.39, 0.29) is 55.2 Å². The maximum Gasteiger partial charge on any atom is 0.337 e. The molecule has 1 atom stereocenters. The van der Waals surface area contributed by atoms with Gasteiger partial charge in [-0.15, -0.1) is 0 Å². The van der Waals surface area contributed by atoms with E-state index in [0.29, 0.717) is 23.8 Å². The third kappa shape index (κ3) is 11.7. The van der Waals surface area contributed by atoms with Crippen LogP contribution >= 0.6 is 24.4 Å². The van der Waals surface area contributed by atoms with Crippen LogP contribution in [0.25, 0.3) is 22.2 Å². The van der Waals surface area contributed by atoms with Gasteiger partial charge < -0.3 is 28.6 Å². The predicted molar refractivity (Wildman–Crippen MR) is 177 cm³/mol. The second-order valence-corrected chi connectivity index (χ2v) is 11.1. The van der Waals surface area contributed by atoms with E-state index < -0.39 is 39.1 Å². The summed E-state index contributed by atoms with van der Waals surface area (Å²) in [5.74, 6) is -0.757. The minimum atomic E-state index is -1.43. The quantitative estimate of drug-likeness (QED) is 0.0646. The molecule has 0 aliphatic rings. The van der Waals surface area contributed by atoms with E-state index in [4.69, 9.17) is 26.2 Å². The maximum atomic E-state index is 11.6. The van der Waals surface area contributed by atoms with Gasteiger partial charge in [-0.05, 0) is 42.5 Å². The topological polar surface area (TPSA) is 284 Å². The number of aromatic amines is 5. The number of esters is 1. The van der Waals surface area contributed by atoms with E-state index in [0.717, 1.165) is 12.1 Å². The van der Waals surface area contributed by atoms with Gasteiger partial charge in [0, 0.05) is 24.8 Å². The summed E-state index contributed by atoms with van der Waals surface area (Å²) in [6, 6.07) is 4.77. The molecule has 5 rings (SSSR count). The molecular formula is C27H28N6O12S3. The van der Waals surface area contributed by atoms with Crippen LogP contribution in [0.2, 0.25) is 0 Å². The van der Waals surface area contributed by atoms with Gasteiger partial charge in [0.25, 0.3) is 16.7 Å². The number of nitrogens with one attached hydrogen (secondary N) is 5. The van der Waals surface area contributed by atoms with E-state index in [2.05, 4.69) is 46.9 Å². The van der Waals surface area contributed by atoms with Crippen molar-refractivity contribution in [3.8, 4) is 5.88 Å². The largest absolute Gasteiger partial charge is 0.494 e. The molecule has 5 heterocycles. The molecule has 1 unspecified atom stereocenters. The summed E-state index contributed by atoms with van der Waals surface area (Å²) in [7, 11) is -0.161. The highest BCUT2D eigenvalue weighted by atomic mass is 32.2. The molecule has 0 aliphatic heterocycles. The minimum absolute atomic E-state index is 0.0122. The molecule has 0 aromatic carbocycles. The number of nitrogens with zero attached hydrogens (tertiary/aromatic N) is 1. The molecule has 0 fully saturated rings. The van der Waals surface area contributed by atoms with Gasteiger partial charge in [0.1, 0.15) is 23.0 Å². The second-order valence-electron chi connectivity index (χ2n) is 8.97. The van der Waals surface area contributed by atoms with E-state index in [1.807, 2.05) is 6.92 Å². The number of fused-ring (bicyclic) bond motifs is 2. The van der Waals surface area contributed by atoms with Crippen molar-refractivity contribution in [2.24, 2.45) is 0 Å². The van der Waals surface area contributed by atoms with Crippen LogP contribution in [0.3, 0.4) is 0 Å². The Bertz CT molecular complexity index is 2340. The molecule has 6 N–H and O–H groups in total. The summed E-state index contributed by atoms with van der Waals surface area (Å²) in [4.78, 5) is 92.1. The Hall–Kier alpha value is -5.41. The fraction of sp³-hybridized carbons (Fsp3) is 0.259. The first-order chi connectivity index (χ1) is 22.6. The van der Waals surface area contributed by atoms with Gasteiger partial charge >= 0.3 is 17.2 Å². The summed E-state index contributed by atoms with van der Waals surface area (Å²) in [6.45, 7) is 3.57. The molecule has 18 nitrogen and oxygen atoms in total. The highest BCUT2D eigenvalue weighted by Gasteiger charge is 2.09. The number of carbonyl (C=O) groups is 2. The Balaban J connectivity index is 0.000000230. The lowest BCUT2D eigenvalue weighted by Crippen LogP contribution is -2.13. The van der Waals surface area contributed by atoms with Gasteiger partial charge in [-0.3, -0.25) is 43.1 Å². The average molecular weight is 725 g/mol. The number of hydrogen-bond donors (Lipinski definition) is 6. The van der Waals surface area contributed by atoms with Crippen molar-refractivity contribution >= 4 is 69.2 Å². The molecule has 0 spiro atoms. The van der Waals surface area contributed by atoms with Crippen LogP contribution in [0, 0.1) is 9.54 Å². The number of H-pyrrole nitrogens is 5. The summed E-state index contributed by atoms with van der Waals surface area (Å²) in [5.41, 5.74) is -1.64. The zero-order valence-corrected chi connectivity index (χ0v) is 28.0. The van der Waals surface area contributed by atoms with Crippen molar-refractivity contribution in [1.29, 1.82) is 0 Å². The van der Waals surface area contributed by atoms with Gasteiger partial charge in [0.05, 0.1) is 24.0 Å². The molecule has 5 aromatic rings. The lowest BCUT2D eigenvalue weighted by molar-refractivity contribution is -0.143. The Kier molecular flexibility index (Phi) is 14.6. The Morgan fingerprint density at radius 1 is 0.917 bits per heavy atom. The number of aryl methyl sites for hydroxylation is 1. The van der Waals surface area contributed by atoms with E-state index >= 15 is 0 Å². The third-order valence-corrected chi connectivity index (χ3v) is 6.72. The number of Topliss-reactive ketones (excluding diaryl/α,β-unsaturated/α-hetero) is 1. The molecule has 0 amide bonds. The number of aromatic nitrogens is 6. The second kappa shape index (κ2) is 18.1. The number of rotatable bonds is 5. The summed E-state index contributed by atoms with van der Waals surface area (Å²) < 4.78 is 25.2. The number of hydrogen-bond acceptors (Lipinski definition) is 15. The van der Waals surface area contributed by atoms with Crippen molar-refractivity contribution in [1.82, 2.24) is 29.9 Å². The van der Waals surface area contributed by atoms with Gasteiger partial charge in [-0.1, -0.05) is 13.8 Å². The van der Waals surface area contributed by atoms with Crippen LogP contribution in [0.15, 0.2) is 62.2 Å². The number of aromatic hydroxyl groups is 1. The minimum Gasteiger partial charge on any atom is -0.494 e. The van der Waals surface area contributed by atoms with Crippen LogP contribution in [0.4, 0.5) is 0 Å². The highest BCUT2D eigenvalue weighted by molar-refractivity contribution is 7.84. The number of carbonyl (C=O) groups excluding carboxylic acids is 2. The fourth-order valence-corrected chi connectivity index (χ4v) is 4.19. The zero-order chi connectivity index (χ0) is 36.1. The Labute approximate surface area is 279 Å². The molecule has 0 bridgehead atoms. The van der Waals surface area contributed by atoms with Crippen LogP contribution in [-0.2, 0) is 31.5 Å². The van der Waals surface area contributed by atoms with Crippen molar-refractivity contribution in [2.45, 2.75) is 38.3 Å². The Morgan fingerprint density at radius 3 is 2.15 bits per heavy atom. The van der Waals surface area contributed by atoms with Crippen LogP contribution in [0.1, 0.15) is 32.3 Å². The van der Waals surface area contributed by atoms with Gasteiger partial charge in [-0.25, -0.2) is 9.59 Å². The molecule has 21 heteroatoms. The zero-order valence-electron chi connectivity index (χ0n) is 25.5. The predicted octanol–water partition coefficient (Wildman–Crippen LogP) is 1.38. The smallest absolute Gasteiger partial charge is 0.337 e. The number of ketones is 1. The van der Waals surface area contributed by atoms with Gasteiger partial charge in [0.15, 0.2) is 15.4 Å². The first kappa shape index (κ1) is 38.8. The van der Waals surface area contributed by atoms with E-state index in [1.54, 1.807) is 6.92 Å². The van der Waals surface area contributed by atoms with Crippen molar-refractivity contribution < 1.29 is 32.5 Å². The molecule has 5 aromatic heterocycles. The van der Waals surface area contributed by atoms with Crippen LogP contribution in [-0.4, -0.2) is 64.3 Å². The Morgan fingerprint density at radius 2 is 1.58 bits per heavy atom. The first-order valence-electron chi connectivity index (χ1n) is 13.4. The number of methoxy groups -OCH3 is 1. The van der Waals surface area contributed by atoms with Gasteiger partial charge in [-0.2, -0.15) is 4.98 Å². The van der Waals surface area contributed by atoms with Crippen molar-refractivity contribution in [3.05, 3.63) is 91.3 Å². The normalized spacial score (nSPS) is 10.8. The average Bonchev–Trinajstić information content (AvgIpc) is 3.00. The van der Waals surface area contributed by atoms with Crippen LogP contribution < -0.4 is 27.9 Å². The highest BCUT2D eigenvalue weighted by Crippen LogP contribution is 2.10. The lowest BCUT2D eigenvalue weighted by Gasteiger charge is -2.00. The molecule has 0 aliphatic carbocycles. The van der Waals surface area contributed by atoms with E-state index in [1.165, 1.54) is 25.5 Å². The fourth-order valence-electron chi connectivity index (χ4n) is 3.35. The third-order valence-electron chi connectivity index (χ3n) is 5.57. The molecule has 0 saturated heterocycles. The summed E-state index contributed by atoms with van der Waals surface area (Å²) in [6.07, 6.45) is 2.25. The number of ether oxygens (including phenoxy) is 1. The maximum absolute atomic E-state index is 11.6. The molecule has 256 valence electrons. The lowest BCUT2D eigenvalue weighted by atomic mass is 10.1. The first-order valence-corrected chi connectivity index (χ1v) is 15.7. The molecule has 48 heavy (non-hydrogen) atoms. The van der Waals surface area contributed by atoms with Crippen molar-refractivity contribution in [2.75, 3.05) is 13.4 Å². The van der Waals surface area contributed by atoms with Gasteiger partial charge in [0.2, 0.25) is 16.6 Å². The standard InChI is InChI=1S/C9H8N2O3S.C8H6N2O4S.C6H10O3.C4H4N2O2S/c1-2-4-3-5(12)14-8-6(4)7(13)10-9(15)11-8;1-15(13)8-9-6(12)4-2-3-5(11)14-7(4)10-8;1-3-5(7)4-6(8)9-2;7-2-1-3(8)6-4(9)5-2/h3H,2H2,1H3,(H2,10,11,13,15);2-3H,1H3,(H,9,10,12);3-4H2,1-2H3;1H,(H3,5,6,7,8,9). The SMILES string of the molecule is CCC(=O)CC(=O)OC.CCc1cc(=O)oc2[nH]c(=S)[nH]c(=O)c12.CS(=O)c1nc2oc(=O)ccc2c(=O)[nH]1.O=c1cc(O)[nH]c(=S)[nH]1. The summed E-state index contributed by atoms with van der Waals surface area (Å²) >= 11 is 9.29. The van der Waals surface area contributed by atoms with Crippen molar-refractivity contribution in [3.63, 3.8) is 0 Å². The monoisotopic (exact) mass is 724 g/mol. The molecule has 0 radical (unpaired) electrons. The molecular weight excluding hydrogens is 697 g/mol. The molecule has 0 saturated carbocycles. The van der Waals surface area contributed by atoms with Crippen LogP contribution in [0.5, 0.6) is 5.88 Å².